The first-order chi connectivity index (χ1) is 10.0. The van der Waals surface area contributed by atoms with E-state index in [9.17, 15) is 8.42 Å². The second-order valence-corrected chi connectivity index (χ2v) is 8.41. The van der Waals surface area contributed by atoms with Crippen LogP contribution in [0, 0.1) is 0 Å². The lowest BCUT2D eigenvalue weighted by Gasteiger charge is -2.45. The molecule has 6 heteroatoms. The van der Waals surface area contributed by atoms with Gasteiger partial charge in [0.15, 0.2) is 0 Å². The Morgan fingerprint density at radius 2 is 1.95 bits per heavy atom. The smallest absolute Gasteiger partial charge is 0.217 e. The second kappa shape index (κ2) is 7.40. The maximum Gasteiger partial charge on any atom is 0.217 e. The molecule has 0 amide bonds. The largest absolute Gasteiger partial charge is 0.377 e. The molecule has 1 aliphatic carbocycles. The summed E-state index contributed by atoms with van der Waals surface area (Å²) in [5.74, 6) is 0.120. The highest BCUT2D eigenvalue weighted by atomic mass is 32.2. The van der Waals surface area contributed by atoms with Crippen LogP contribution in [0.1, 0.15) is 58.3 Å². The average molecular weight is 318 g/mol. The standard InChI is InChI=1S/C15H30N2O3S/c1-2-10-17(15(13-16)8-4-3-5-9-15)21(18,19)12-14-7-6-11-20-14/h14H,2-13,16H2,1H3. The molecule has 1 unspecified atom stereocenters. The van der Waals surface area contributed by atoms with Gasteiger partial charge in [-0.25, -0.2) is 8.42 Å². The lowest BCUT2D eigenvalue weighted by atomic mass is 9.81. The van der Waals surface area contributed by atoms with Crippen molar-refractivity contribution in [3.8, 4) is 0 Å². The second-order valence-electron chi connectivity index (χ2n) is 6.47. The summed E-state index contributed by atoms with van der Waals surface area (Å²) in [6.07, 6.45) is 7.65. The Morgan fingerprint density at radius 3 is 2.48 bits per heavy atom. The van der Waals surface area contributed by atoms with Gasteiger partial charge in [-0.2, -0.15) is 4.31 Å². The van der Waals surface area contributed by atoms with E-state index in [2.05, 4.69) is 0 Å². The molecule has 0 aromatic carbocycles. The summed E-state index contributed by atoms with van der Waals surface area (Å²) >= 11 is 0. The molecule has 1 saturated carbocycles. The van der Waals surface area contributed by atoms with Crippen LogP contribution in [0.4, 0.5) is 0 Å². The number of hydrogen-bond acceptors (Lipinski definition) is 4. The summed E-state index contributed by atoms with van der Waals surface area (Å²) < 4.78 is 33.1. The van der Waals surface area contributed by atoms with Crippen molar-refractivity contribution in [3.63, 3.8) is 0 Å². The van der Waals surface area contributed by atoms with Crippen LogP contribution < -0.4 is 5.73 Å². The predicted octanol–water partition coefficient (Wildman–Crippen LogP) is 1.87. The normalized spacial score (nSPS) is 26.3. The minimum atomic E-state index is -3.31. The fourth-order valence-electron chi connectivity index (χ4n) is 3.74. The zero-order chi connectivity index (χ0) is 15.3. The molecule has 1 atom stereocenters. The molecule has 2 N–H and O–H groups in total. The van der Waals surface area contributed by atoms with E-state index in [0.717, 1.165) is 44.9 Å². The first kappa shape index (κ1) is 17.2. The molecule has 0 bridgehead atoms. The van der Waals surface area contributed by atoms with Crippen molar-refractivity contribution in [1.29, 1.82) is 0 Å². The maximum atomic E-state index is 12.9. The van der Waals surface area contributed by atoms with Gasteiger partial charge in [-0.1, -0.05) is 26.2 Å². The lowest BCUT2D eigenvalue weighted by Crippen LogP contribution is -2.58. The molecular weight excluding hydrogens is 288 g/mol. The van der Waals surface area contributed by atoms with Crippen molar-refractivity contribution in [2.45, 2.75) is 69.9 Å². The van der Waals surface area contributed by atoms with Gasteiger partial charge < -0.3 is 10.5 Å². The first-order valence-electron chi connectivity index (χ1n) is 8.36. The van der Waals surface area contributed by atoms with Crippen molar-refractivity contribution < 1.29 is 13.2 Å². The molecule has 5 nitrogen and oxygen atoms in total. The Morgan fingerprint density at radius 1 is 1.24 bits per heavy atom. The number of nitrogens with two attached hydrogens (primary N) is 1. The van der Waals surface area contributed by atoms with E-state index in [1.54, 1.807) is 4.31 Å². The van der Waals surface area contributed by atoms with Crippen molar-refractivity contribution in [3.05, 3.63) is 0 Å². The molecule has 0 spiro atoms. The van der Waals surface area contributed by atoms with Gasteiger partial charge in [0.05, 0.1) is 11.9 Å². The Bertz CT molecular complexity index is 413. The van der Waals surface area contributed by atoms with Gasteiger partial charge in [-0.05, 0) is 32.1 Å². The summed E-state index contributed by atoms with van der Waals surface area (Å²) in [7, 11) is -3.31. The van der Waals surface area contributed by atoms with Crippen LogP contribution in [-0.4, -0.2) is 49.8 Å². The zero-order valence-electron chi connectivity index (χ0n) is 13.2. The number of rotatable bonds is 7. The first-order valence-corrected chi connectivity index (χ1v) is 9.97. The maximum absolute atomic E-state index is 12.9. The third kappa shape index (κ3) is 3.97. The van der Waals surface area contributed by atoms with Gasteiger partial charge >= 0.3 is 0 Å². The molecule has 0 radical (unpaired) electrons. The van der Waals surface area contributed by atoms with Crippen molar-refractivity contribution in [1.82, 2.24) is 4.31 Å². The number of ether oxygens (including phenoxy) is 1. The van der Waals surface area contributed by atoms with Crippen LogP contribution in [0.3, 0.4) is 0 Å². The SMILES string of the molecule is CCCN(C1(CN)CCCCC1)S(=O)(=O)CC1CCCO1. The van der Waals surface area contributed by atoms with E-state index in [4.69, 9.17) is 10.5 Å². The molecule has 0 aromatic rings. The van der Waals surface area contributed by atoms with E-state index < -0.39 is 10.0 Å². The molecule has 1 aliphatic heterocycles. The number of sulfonamides is 1. The fraction of sp³-hybridized carbons (Fsp3) is 1.00. The monoisotopic (exact) mass is 318 g/mol. The van der Waals surface area contributed by atoms with E-state index in [0.29, 0.717) is 19.7 Å². The Balaban J connectivity index is 2.18. The minimum absolute atomic E-state index is 0.120. The average Bonchev–Trinajstić information content (AvgIpc) is 2.97. The highest BCUT2D eigenvalue weighted by Gasteiger charge is 2.43. The Labute approximate surface area is 129 Å². The van der Waals surface area contributed by atoms with Gasteiger partial charge in [0, 0.05) is 25.2 Å². The van der Waals surface area contributed by atoms with Gasteiger partial charge in [0.25, 0.3) is 0 Å². The highest BCUT2D eigenvalue weighted by molar-refractivity contribution is 7.89. The fourth-order valence-corrected chi connectivity index (χ4v) is 5.96. The zero-order valence-corrected chi connectivity index (χ0v) is 14.0. The van der Waals surface area contributed by atoms with Gasteiger partial charge in [-0.3, -0.25) is 0 Å². The highest BCUT2D eigenvalue weighted by Crippen LogP contribution is 2.35. The van der Waals surface area contributed by atoms with Gasteiger partial charge in [-0.15, -0.1) is 0 Å². The summed E-state index contributed by atoms with van der Waals surface area (Å²) in [6.45, 7) is 3.72. The van der Waals surface area contributed by atoms with Crippen molar-refractivity contribution >= 4 is 10.0 Å². The van der Waals surface area contributed by atoms with Crippen molar-refractivity contribution in [2.24, 2.45) is 5.73 Å². The Hall–Kier alpha value is -0.170. The molecule has 21 heavy (non-hydrogen) atoms. The van der Waals surface area contributed by atoms with Gasteiger partial charge in [0.1, 0.15) is 0 Å². The van der Waals surface area contributed by atoms with Crippen molar-refractivity contribution in [2.75, 3.05) is 25.4 Å². The van der Waals surface area contributed by atoms with Crippen LogP contribution >= 0.6 is 0 Å². The van der Waals surface area contributed by atoms with E-state index >= 15 is 0 Å². The summed E-state index contributed by atoms with van der Waals surface area (Å²) in [5.41, 5.74) is 5.68. The van der Waals surface area contributed by atoms with Crippen LogP contribution in [-0.2, 0) is 14.8 Å². The molecule has 2 aliphatic rings. The third-order valence-electron chi connectivity index (χ3n) is 4.88. The van der Waals surface area contributed by atoms with Crippen LogP contribution in [0.5, 0.6) is 0 Å². The summed E-state index contributed by atoms with van der Waals surface area (Å²) in [5, 5.41) is 0. The molecule has 2 fully saturated rings. The molecule has 1 saturated heterocycles. The van der Waals surface area contributed by atoms with E-state index in [1.807, 2.05) is 6.92 Å². The van der Waals surface area contributed by atoms with E-state index in [-0.39, 0.29) is 17.4 Å². The summed E-state index contributed by atoms with van der Waals surface area (Å²) in [6, 6.07) is 0. The van der Waals surface area contributed by atoms with Crippen LogP contribution in [0.15, 0.2) is 0 Å². The molecule has 2 rings (SSSR count). The third-order valence-corrected chi connectivity index (χ3v) is 6.91. The van der Waals surface area contributed by atoms with Crippen LogP contribution in [0.25, 0.3) is 0 Å². The molecular formula is C15H30N2O3S. The predicted molar refractivity (Wildman–Crippen MR) is 84.6 cm³/mol. The van der Waals surface area contributed by atoms with E-state index in [1.165, 1.54) is 6.42 Å². The summed E-state index contributed by atoms with van der Waals surface area (Å²) in [4.78, 5) is 0. The molecule has 0 aromatic heterocycles. The molecule has 124 valence electrons. The van der Waals surface area contributed by atoms with Gasteiger partial charge in [0.2, 0.25) is 10.0 Å². The number of hydrogen-bond donors (Lipinski definition) is 1. The lowest BCUT2D eigenvalue weighted by molar-refractivity contribution is 0.116. The minimum Gasteiger partial charge on any atom is -0.377 e. The molecule has 1 heterocycles. The number of nitrogens with zero attached hydrogens (tertiary/aromatic N) is 1. The Kier molecular flexibility index (Phi) is 6.05. The topological polar surface area (TPSA) is 72.6 Å². The van der Waals surface area contributed by atoms with Crippen LogP contribution in [0.2, 0.25) is 0 Å². The quantitative estimate of drug-likeness (QED) is 0.778.